The lowest BCUT2D eigenvalue weighted by atomic mass is 10.2. The van der Waals surface area contributed by atoms with Gasteiger partial charge in [-0.3, -0.25) is 19.6 Å². The Morgan fingerprint density at radius 3 is 2.31 bits per heavy atom. The standard InChI is InChI=1S/C15H11F3N2O8S/c1-6(21)28-14-10(16)11(17)15(12(18)13(14)20(23)24)29(25,26)19-7-3-4-9(27-2)8(22)5-7/h3-5,19,22H,1-2H3. The molecule has 0 atom stereocenters. The Morgan fingerprint density at radius 1 is 1.21 bits per heavy atom. The van der Waals surface area contributed by atoms with Crippen LogP contribution in [0.2, 0.25) is 0 Å². The van der Waals surface area contributed by atoms with Gasteiger partial charge in [0.15, 0.2) is 22.2 Å². The van der Waals surface area contributed by atoms with Gasteiger partial charge in [-0.25, -0.2) is 12.8 Å². The SMILES string of the molecule is COc1ccc(NS(=O)(=O)c2c(F)c(F)c(OC(C)=O)c([N+](=O)[O-])c2F)cc1O. The van der Waals surface area contributed by atoms with Crippen molar-refractivity contribution < 1.29 is 45.9 Å². The number of nitro groups is 1. The lowest BCUT2D eigenvalue weighted by Crippen LogP contribution is -2.19. The second-order valence-electron chi connectivity index (χ2n) is 5.29. The number of carbonyl (C=O) groups excluding carboxylic acids is 1. The summed E-state index contributed by atoms with van der Waals surface area (Å²) < 4.78 is 78.3. The van der Waals surface area contributed by atoms with E-state index in [0.29, 0.717) is 6.92 Å². The number of phenolic OH excluding ortho intramolecular Hbond substituents is 1. The molecular formula is C15H11F3N2O8S. The van der Waals surface area contributed by atoms with Crippen LogP contribution in [0.1, 0.15) is 6.92 Å². The Hall–Kier alpha value is -3.55. The molecule has 0 unspecified atom stereocenters. The molecule has 2 aromatic rings. The topological polar surface area (TPSA) is 145 Å². The first-order chi connectivity index (χ1) is 13.4. The number of sulfonamides is 1. The molecule has 0 aliphatic carbocycles. The zero-order chi connectivity index (χ0) is 22.1. The lowest BCUT2D eigenvalue weighted by Gasteiger charge is -2.13. The highest BCUT2D eigenvalue weighted by atomic mass is 32.2. The number of esters is 1. The molecule has 0 bridgehead atoms. The van der Waals surface area contributed by atoms with Crippen molar-refractivity contribution in [3.8, 4) is 17.2 Å². The Morgan fingerprint density at radius 2 is 1.83 bits per heavy atom. The number of methoxy groups -OCH3 is 1. The van der Waals surface area contributed by atoms with Crippen molar-refractivity contribution in [3.05, 3.63) is 45.8 Å². The van der Waals surface area contributed by atoms with Crippen molar-refractivity contribution in [1.82, 2.24) is 0 Å². The van der Waals surface area contributed by atoms with Gasteiger partial charge >= 0.3 is 11.7 Å². The molecule has 0 fully saturated rings. The first kappa shape index (κ1) is 21.7. The normalized spacial score (nSPS) is 11.1. The highest BCUT2D eigenvalue weighted by molar-refractivity contribution is 7.92. The average molecular weight is 436 g/mol. The molecule has 29 heavy (non-hydrogen) atoms. The summed E-state index contributed by atoms with van der Waals surface area (Å²) in [7, 11) is -4.07. The van der Waals surface area contributed by atoms with E-state index in [4.69, 9.17) is 4.74 Å². The maximum absolute atomic E-state index is 14.5. The number of hydrogen-bond acceptors (Lipinski definition) is 8. The van der Waals surface area contributed by atoms with E-state index >= 15 is 0 Å². The Balaban J connectivity index is 2.68. The fourth-order valence-electron chi connectivity index (χ4n) is 2.20. The second kappa shape index (κ2) is 7.83. The summed E-state index contributed by atoms with van der Waals surface area (Å²) in [5.74, 6) is -10.6. The molecule has 10 nitrogen and oxygen atoms in total. The predicted octanol–water partition coefficient (Wildman–Crippen LogP) is 2.45. The van der Waals surface area contributed by atoms with E-state index in [-0.39, 0.29) is 5.75 Å². The number of nitro benzene ring substituents is 1. The number of carbonyl (C=O) groups is 1. The molecule has 0 aliphatic rings. The van der Waals surface area contributed by atoms with Crippen molar-refractivity contribution in [2.75, 3.05) is 11.8 Å². The quantitative estimate of drug-likeness (QED) is 0.231. The number of rotatable bonds is 6. The van der Waals surface area contributed by atoms with Crippen LogP contribution in [-0.2, 0) is 14.8 Å². The maximum Gasteiger partial charge on any atom is 0.351 e. The minimum absolute atomic E-state index is 0.0577. The van der Waals surface area contributed by atoms with E-state index in [1.807, 2.05) is 0 Å². The molecule has 156 valence electrons. The summed E-state index contributed by atoms with van der Waals surface area (Å²) in [5.41, 5.74) is -2.31. The van der Waals surface area contributed by atoms with Crippen molar-refractivity contribution in [2.45, 2.75) is 11.8 Å². The maximum atomic E-state index is 14.5. The number of nitrogens with zero attached hydrogens (tertiary/aromatic N) is 1. The molecule has 0 spiro atoms. The summed E-state index contributed by atoms with van der Waals surface area (Å²) in [6.07, 6.45) is 0. The van der Waals surface area contributed by atoms with Gasteiger partial charge in [0.2, 0.25) is 17.4 Å². The monoisotopic (exact) mass is 436 g/mol. The van der Waals surface area contributed by atoms with Crippen LogP contribution < -0.4 is 14.2 Å². The molecule has 0 heterocycles. The number of aromatic hydroxyl groups is 1. The van der Waals surface area contributed by atoms with Crippen LogP contribution in [0.4, 0.5) is 24.5 Å². The van der Waals surface area contributed by atoms with E-state index in [1.54, 1.807) is 4.72 Å². The van der Waals surface area contributed by atoms with Crippen LogP contribution in [-0.4, -0.2) is 31.5 Å². The van der Waals surface area contributed by atoms with E-state index in [9.17, 15) is 41.6 Å². The Bertz CT molecular complexity index is 1120. The third kappa shape index (κ3) is 4.16. The molecule has 14 heteroatoms. The number of benzene rings is 2. The molecule has 2 aromatic carbocycles. The van der Waals surface area contributed by atoms with Gasteiger partial charge in [0, 0.05) is 13.0 Å². The van der Waals surface area contributed by atoms with Gasteiger partial charge in [0.05, 0.1) is 17.7 Å². The Labute approximate surface area is 160 Å². The summed E-state index contributed by atoms with van der Waals surface area (Å²) in [6.45, 7) is 0.682. The summed E-state index contributed by atoms with van der Waals surface area (Å²) in [5, 5.41) is 20.7. The van der Waals surface area contributed by atoms with E-state index in [0.717, 1.165) is 18.2 Å². The Kier molecular flexibility index (Phi) is 5.87. The molecule has 2 N–H and O–H groups in total. The fourth-order valence-corrected chi connectivity index (χ4v) is 3.40. The second-order valence-corrected chi connectivity index (χ2v) is 6.91. The molecular weight excluding hydrogens is 425 g/mol. The van der Waals surface area contributed by atoms with Gasteiger partial charge < -0.3 is 14.6 Å². The van der Waals surface area contributed by atoms with Gasteiger partial charge in [0.1, 0.15) is 0 Å². The van der Waals surface area contributed by atoms with Crippen molar-refractivity contribution in [2.24, 2.45) is 0 Å². The highest BCUT2D eigenvalue weighted by Crippen LogP contribution is 2.40. The molecule has 2 rings (SSSR count). The zero-order valence-corrected chi connectivity index (χ0v) is 15.3. The minimum Gasteiger partial charge on any atom is -0.504 e. The minimum atomic E-state index is -5.27. The van der Waals surface area contributed by atoms with Crippen molar-refractivity contribution >= 4 is 27.4 Å². The smallest absolute Gasteiger partial charge is 0.351 e. The van der Waals surface area contributed by atoms with Gasteiger partial charge in [0.25, 0.3) is 10.0 Å². The predicted molar refractivity (Wildman–Crippen MR) is 89.7 cm³/mol. The zero-order valence-electron chi connectivity index (χ0n) is 14.5. The third-order valence-electron chi connectivity index (χ3n) is 3.34. The number of hydrogen-bond donors (Lipinski definition) is 2. The molecule has 0 aliphatic heterocycles. The van der Waals surface area contributed by atoms with Gasteiger partial charge in [-0.05, 0) is 12.1 Å². The molecule has 0 saturated carbocycles. The summed E-state index contributed by atoms with van der Waals surface area (Å²) >= 11 is 0. The van der Waals surface area contributed by atoms with E-state index in [2.05, 4.69) is 4.74 Å². The third-order valence-corrected chi connectivity index (χ3v) is 4.74. The van der Waals surface area contributed by atoms with Gasteiger partial charge in [-0.1, -0.05) is 0 Å². The van der Waals surface area contributed by atoms with Crippen LogP contribution in [0.25, 0.3) is 0 Å². The highest BCUT2D eigenvalue weighted by Gasteiger charge is 2.40. The summed E-state index contributed by atoms with van der Waals surface area (Å²) in [6, 6.07) is 2.95. The fraction of sp³-hybridized carbons (Fsp3) is 0.133. The number of halogens is 3. The average Bonchev–Trinajstić information content (AvgIpc) is 2.58. The molecule has 0 amide bonds. The van der Waals surface area contributed by atoms with Crippen LogP contribution in [0.5, 0.6) is 17.2 Å². The molecule has 0 aromatic heterocycles. The van der Waals surface area contributed by atoms with Crippen LogP contribution in [0.3, 0.4) is 0 Å². The van der Waals surface area contributed by atoms with E-state index in [1.165, 1.54) is 7.11 Å². The summed E-state index contributed by atoms with van der Waals surface area (Å²) in [4.78, 5) is 18.4. The number of ether oxygens (including phenoxy) is 2. The molecule has 0 saturated heterocycles. The number of phenols is 1. The number of anilines is 1. The van der Waals surface area contributed by atoms with Crippen molar-refractivity contribution in [3.63, 3.8) is 0 Å². The van der Waals surface area contributed by atoms with E-state index < -0.39 is 66.1 Å². The lowest BCUT2D eigenvalue weighted by molar-refractivity contribution is -0.389. The first-order valence-electron chi connectivity index (χ1n) is 7.33. The molecule has 0 radical (unpaired) electrons. The van der Waals surface area contributed by atoms with Gasteiger partial charge in [-0.2, -0.15) is 8.78 Å². The first-order valence-corrected chi connectivity index (χ1v) is 8.82. The van der Waals surface area contributed by atoms with Gasteiger partial charge in [-0.15, -0.1) is 0 Å². The van der Waals surface area contributed by atoms with Crippen LogP contribution >= 0.6 is 0 Å². The number of nitrogens with one attached hydrogen (secondary N) is 1. The van der Waals surface area contributed by atoms with Crippen LogP contribution in [0.15, 0.2) is 23.1 Å². The van der Waals surface area contributed by atoms with Crippen LogP contribution in [0, 0.1) is 27.6 Å². The largest absolute Gasteiger partial charge is 0.504 e. The van der Waals surface area contributed by atoms with Crippen molar-refractivity contribution in [1.29, 1.82) is 0 Å².